The van der Waals surface area contributed by atoms with Gasteiger partial charge in [0, 0.05) is 33.5 Å². The Morgan fingerprint density at radius 2 is 0.875 bits per heavy atom. The molecule has 2 aromatic heterocycles. The van der Waals surface area contributed by atoms with Crippen LogP contribution < -0.4 is 4.90 Å². The van der Waals surface area contributed by atoms with Gasteiger partial charge in [0.15, 0.2) is 5.82 Å². The number of amidine groups is 1. The molecule has 10 aromatic rings. The number of aliphatic imine (C=N–C) groups is 1. The van der Waals surface area contributed by atoms with Gasteiger partial charge in [-0.1, -0.05) is 182 Å². The van der Waals surface area contributed by atoms with Gasteiger partial charge in [0.2, 0.25) is 0 Å². The van der Waals surface area contributed by atoms with Gasteiger partial charge in [0.05, 0.1) is 28.8 Å². The molecule has 0 bridgehead atoms. The van der Waals surface area contributed by atoms with Crippen LogP contribution in [0.3, 0.4) is 0 Å². The van der Waals surface area contributed by atoms with Crippen LogP contribution in [0.2, 0.25) is 0 Å². The zero-order valence-corrected chi connectivity index (χ0v) is 34.9. The summed E-state index contributed by atoms with van der Waals surface area (Å²) in [5.41, 5.74) is 16.1. The number of hydrogen-bond donors (Lipinski definition) is 0. The highest BCUT2D eigenvalue weighted by Gasteiger charge is 2.35. The molecule has 2 unspecified atom stereocenters. The number of benzene rings is 8. The topological polar surface area (TPSA) is 46.3 Å². The molecule has 0 radical (unpaired) electrons. The molecule has 3 heterocycles. The Hall–Kier alpha value is -8.41. The van der Waals surface area contributed by atoms with Crippen molar-refractivity contribution in [2.24, 2.45) is 4.99 Å². The summed E-state index contributed by atoms with van der Waals surface area (Å²) in [5, 5.41) is 1.09. The monoisotopic (exact) mass is 819 g/mol. The van der Waals surface area contributed by atoms with Crippen molar-refractivity contribution >= 4 is 33.5 Å². The maximum Gasteiger partial charge on any atom is 0.160 e. The summed E-state index contributed by atoms with van der Waals surface area (Å²) in [5.74, 6) is 1.68. The average molecular weight is 820 g/mol. The largest absolute Gasteiger partial charge is 0.317 e. The van der Waals surface area contributed by atoms with Gasteiger partial charge < -0.3 is 9.47 Å². The summed E-state index contributed by atoms with van der Waals surface area (Å²) in [6.45, 7) is 0. The zero-order chi connectivity index (χ0) is 42.4. The molecule has 1 aliphatic carbocycles. The van der Waals surface area contributed by atoms with E-state index in [-0.39, 0.29) is 12.1 Å². The van der Waals surface area contributed by atoms with Crippen molar-refractivity contribution in [3.63, 3.8) is 0 Å². The van der Waals surface area contributed by atoms with Crippen molar-refractivity contribution in [3.05, 3.63) is 242 Å². The summed E-state index contributed by atoms with van der Waals surface area (Å²) in [6, 6.07) is 75.4. The van der Waals surface area contributed by atoms with Crippen LogP contribution in [-0.2, 0) is 0 Å². The molecule has 0 fully saturated rings. The molecule has 2 atom stereocenters. The van der Waals surface area contributed by atoms with E-state index in [1.165, 1.54) is 0 Å². The van der Waals surface area contributed by atoms with E-state index in [0.29, 0.717) is 5.82 Å². The van der Waals surface area contributed by atoms with E-state index in [1.807, 2.05) is 6.07 Å². The highest BCUT2D eigenvalue weighted by Crippen LogP contribution is 2.39. The fourth-order valence-corrected chi connectivity index (χ4v) is 9.43. The minimum Gasteiger partial charge on any atom is -0.317 e. The van der Waals surface area contributed by atoms with Gasteiger partial charge in [-0.15, -0.1) is 0 Å². The molecule has 0 spiro atoms. The van der Waals surface area contributed by atoms with Crippen LogP contribution in [0, 0.1) is 0 Å². The van der Waals surface area contributed by atoms with Gasteiger partial charge in [0.25, 0.3) is 0 Å². The second-order valence-corrected chi connectivity index (χ2v) is 16.4. The lowest BCUT2D eigenvalue weighted by Crippen LogP contribution is -2.39. The van der Waals surface area contributed by atoms with Gasteiger partial charge in [0.1, 0.15) is 11.4 Å². The van der Waals surface area contributed by atoms with Gasteiger partial charge in [-0.25, -0.2) is 9.97 Å². The number of hydrogen-bond acceptors (Lipinski definition) is 4. The van der Waals surface area contributed by atoms with Crippen LogP contribution in [0.4, 0.5) is 5.69 Å². The second-order valence-electron chi connectivity index (χ2n) is 16.4. The quantitative estimate of drug-likeness (QED) is 0.153. The highest BCUT2D eigenvalue weighted by molar-refractivity contribution is 6.13. The second kappa shape index (κ2) is 15.8. The van der Waals surface area contributed by atoms with Crippen LogP contribution in [0.1, 0.15) is 5.56 Å². The normalized spacial score (nSPS) is 15.4. The molecule has 302 valence electrons. The van der Waals surface area contributed by atoms with Gasteiger partial charge >= 0.3 is 0 Å². The lowest BCUT2D eigenvalue weighted by molar-refractivity contribution is 0.739. The Morgan fingerprint density at radius 3 is 1.52 bits per heavy atom. The molecular weight excluding hydrogens is 779 g/mol. The summed E-state index contributed by atoms with van der Waals surface area (Å²) >= 11 is 0. The van der Waals surface area contributed by atoms with Crippen molar-refractivity contribution in [3.8, 4) is 61.7 Å². The summed E-state index contributed by atoms with van der Waals surface area (Å²) in [6.07, 6.45) is 8.69. The van der Waals surface area contributed by atoms with Crippen molar-refractivity contribution < 1.29 is 0 Å². The van der Waals surface area contributed by atoms with E-state index >= 15 is 0 Å². The summed E-state index contributed by atoms with van der Waals surface area (Å²) in [7, 11) is 0. The number of rotatable bonds is 8. The fourth-order valence-electron chi connectivity index (χ4n) is 9.43. The van der Waals surface area contributed by atoms with Crippen molar-refractivity contribution in [2.75, 3.05) is 4.90 Å². The smallest absolute Gasteiger partial charge is 0.160 e. The average Bonchev–Trinajstić information content (AvgIpc) is 3.94. The van der Waals surface area contributed by atoms with Gasteiger partial charge in [-0.05, 0) is 88.0 Å². The van der Waals surface area contributed by atoms with Crippen molar-refractivity contribution in [1.82, 2.24) is 14.5 Å². The third kappa shape index (κ3) is 6.62. The Kier molecular flexibility index (Phi) is 9.23. The van der Waals surface area contributed by atoms with Crippen LogP contribution in [-0.4, -0.2) is 32.5 Å². The van der Waals surface area contributed by atoms with Crippen molar-refractivity contribution in [2.45, 2.75) is 12.1 Å². The van der Waals surface area contributed by atoms with E-state index in [9.17, 15) is 0 Å². The first-order valence-corrected chi connectivity index (χ1v) is 21.8. The van der Waals surface area contributed by atoms with E-state index < -0.39 is 0 Å². The lowest BCUT2D eigenvalue weighted by atomic mass is 9.95. The Morgan fingerprint density at radius 1 is 0.391 bits per heavy atom. The van der Waals surface area contributed by atoms with Crippen LogP contribution >= 0.6 is 0 Å². The summed E-state index contributed by atoms with van der Waals surface area (Å²) < 4.78 is 2.30. The maximum absolute atomic E-state index is 5.38. The maximum atomic E-state index is 5.38. The molecule has 5 nitrogen and oxygen atoms in total. The molecule has 1 aliphatic heterocycles. The molecule has 8 aromatic carbocycles. The third-order valence-electron chi connectivity index (χ3n) is 12.4. The number of fused-ring (bicyclic) bond motifs is 4. The SMILES string of the molecule is C1=CC2N=C(c3cccc(-c4cccc(-c5cccc(-c6cccc(-c7nc(-c8ccccc8)c8c(n7)c7ccccc7n8-c7ccccc7)c6)c5)c4)c3)N(c3ccccc3)C2C=C1. The molecular formula is C59H41N5. The Balaban J connectivity index is 0.901. The van der Waals surface area contributed by atoms with Crippen LogP contribution in [0.15, 0.2) is 242 Å². The van der Waals surface area contributed by atoms with Crippen LogP contribution in [0.25, 0.3) is 83.6 Å². The molecule has 12 rings (SSSR count). The van der Waals surface area contributed by atoms with E-state index in [0.717, 1.165) is 94.9 Å². The minimum absolute atomic E-state index is 0.0798. The predicted octanol–water partition coefficient (Wildman–Crippen LogP) is 14.0. The number of nitrogens with zero attached hydrogens (tertiary/aromatic N) is 5. The van der Waals surface area contributed by atoms with E-state index in [2.05, 4.69) is 240 Å². The minimum atomic E-state index is 0.0798. The Labute approximate surface area is 372 Å². The van der Waals surface area contributed by atoms with E-state index in [4.69, 9.17) is 15.0 Å². The first-order valence-electron chi connectivity index (χ1n) is 21.8. The first kappa shape index (κ1) is 37.4. The molecule has 0 saturated carbocycles. The Bertz CT molecular complexity index is 3460. The van der Waals surface area contributed by atoms with E-state index in [1.54, 1.807) is 0 Å². The molecule has 2 aliphatic rings. The lowest BCUT2D eigenvalue weighted by Gasteiger charge is -2.29. The number of para-hydroxylation sites is 3. The predicted molar refractivity (Wildman–Crippen MR) is 265 cm³/mol. The highest BCUT2D eigenvalue weighted by atomic mass is 15.3. The molecule has 0 saturated heterocycles. The summed E-state index contributed by atoms with van der Waals surface area (Å²) in [4.78, 5) is 18.4. The number of allylic oxidation sites excluding steroid dienone is 2. The third-order valence-corrected chi connectivity index (χ3v) is 12.4. The first-order chi connectivity index (χ1) is 31.7. The van der Waals surface area contributed by atoms with Gasteiger partial charge in [-0.3, -0.25) is 4.99 Å². The molecule has 0 N–H and O–H groups in total. The fraction of sp³-hybridized carbons (Fsp3) is 0.0339. The number of anilines is 1. The van der Waals surface area contributed by atoms with Gasteiger partial charge in [-0.2, -0.15) is 0 Å². The zero-order valence-electron chi connectivity index (χ0n) is 34.9. The molecule has 64 heavy (non-hydrogen) atoms. The van der Waals surface area contributed by atoms with Crippen molar-refractivity contribution in [1.29, 1.82) is 0 Å². The standard InChI is InChI=1S/C59H41N5/c1-4-18-40(19-5-1)55-57-56(51-32-10-12-34-53(51)63(57)49-28-6-2-7-29-49)62-58(61-55)47-26-16-24-45(38-47)43-22-14-20-41(36-43)42-21-15-23-44(37-42)46-25-17-27-48(39-46)59-60-52-33-11-13-35-54(52)64(59)50-30-8-3-9-31-50/h1-39,52,54H. The van der Waals surface area contributed by atoms with Crippen LogP contribution in [0.5, 0.6) is 0 Å². The molecule has 0 amide bonds. The number of aromatic nitrogens is 3. The molecule has 5 heteroatoms.